The highest BCUT2D eigenvalue weighted by Gasteiger charge is 2.08. The minimum Gasteiger partial charge on any atom is -0.469 e. The van der Waals surface area contributed by atoms with E-state index < -0.39 is 0 Å². The Labute approximate surface area is 133 Å². The van der Waals surface area contributed by atoms with Crippen LogP contribution in [0.15, 0.2) is 36.4 Å². The van der Waals surface area contributed by atoms with Crippen LogP contribution in [-0.4, -0.2) is 13.1 Å². The minimum absolute atomic E-state index is 0.205. The molecule has 1 aromatic heterocycles. The molecule has 21 heavy (non-hydrogen) atoms. The zero-order chi connectivity index (χ0) is 15.2. The predicted octanol–water partition coefficient (Wildman–Crippen LogP) is 3.97. The molecule has 0 aliphatic rings. The van der Waals surface area contributed by atoms with Crippen LogP contribution in [0.4, 0.5) is 0 Å². The molecule has 1 aromatic carbocycles. The summed E-state index contributed by atoms with van der Waals surface area (Å²) >= 11 is 7.63. The zero-order valence-electron chi connectivity index (χ0n) is 12.1. The highest BCUT2D eigenvalue weighted by Crippen LogP contribution is 2.20. The van der Waals surface area contributed by atoms with E-state index >= 15 is 0 Å². The van der Waals surface area contributed by atoms with E-state index in [1.54, 1.807) is 11.3 Å². The summed E-state index contributed by atoms with van der Waals surface area (Å²) in [5.74, 6) is -0.205. The molecule has 0 saturated carbocycles. The molecule has 0 aliphatic heterocycles. The SMILES string of the molecule is COC(=O)Cc1ccc(CN[C@H](C)c2cccc(Cl)c2)s1. The molecule has 1 atom stereocenters. The van der Waals surface area contributed by atoms with Gasteiger partial charge in [-0.25, -0.2) is 0 Å². The summed E-state index contributed by atoms with van der Waals surface area (Å²) in [5, 5.41) is 4.21. The second-order valence-electron chi connectivity index (χ2n) is 4.78. The topological polar surface area (TPSA) is 38.3 Å². The smallest absolute Gasteiger partial charge is 0.310 e. The van der Waals surface area contributed by atoms with Crippen molar-refractivity contribution in [3.8, 4) is 0 Å². The van der Waals surface area contributed by atoms with Crippen LogP contribution >= 0.6 is 22.9 Å². The number of esters is 1. The maximum Gasteiger partial charge on any atom is 0.310 e. The molecule has 2 rings (SSSR count). The third-order valence-electron chi connectivity index (χ3n) is 3.19. The molecule has 3 nitrogen and oxygen atoms in total. The van der Waals surface area contributed by atoms with Gasteiger partial charge in [-0.05, 0) is 36.8 Å². The number of methoxy groups -OCH3 is 1. The van der Waals surface area contributed by atoms with Gasteiger partial charge in [0, 0.05) is 27.4 Å². The molecule has 1 heterocycles. The summed E-state index contributed by atoms with van der Waals surface area (Å²) in [5.41, 5.74) is 1.16. The van der Waals surface area contributed by atoms with Gasteiger partial charge in [0.25, 0.3) is 0 Å². The van der Waals surface area contributed by atoms with Crippen molar-refractivity contribution in [2.75, 3.05) is 7.11 Å². The van der Waals surface area contributed by atoms with E-state index in [0.29, 0.717) is 6.42 Å². The average molecular weight is 324 g/mol. The predicted molar refractivity (Wildman–Crippen MR) is 86.7 cm³/mol. The number of carbonyl (C=O) groups is 1. The Balaban J connectivity index is 1.89. The fourth-order valence-electron chi connectivity index (χ4n) is 1.97. The van der Waals surface area contributed by atoms with E-state index in [2.05, 4.69) is 23.0 Å². The van der Waals surface area contributed by atoms with Crippen LogP contribution in [0.2, 0.25) is 5.02 Å². The molecule has 0 unspecified atom stereocenters. The lowest BCUT2D eigenvalue weighted by Crippen LogP contribution is -2.17. The summed E-state index contributed by atoms with van der Waals surface area (Å²) in [4.78, 5) is 13.4. The van der Waals surface area contributed by atoms with Crippen molar-refractivity contribution in [1.29, 1.82) is 0 Å². The van der Waals surface area contributed by atoms with Gasteiger partial charge in [-0.15, -0.1) is 11.3 Å². The third kappa shape index (κ3) is 4.84. The Kier molecular flexibility index (Phi) is 5.79. The first-order valence-corrected chi connectivity index (χ1v) is 7.91. The largest absolute Gasteiger partial charge is 0.469 e. The van der Waals surface area contributed by atoms with Gasteiger partial charge in [0.1, 0.15) is 0 Å². The van der Waals surface area contributed by atoms with Gasteiger partial charge in [0.05, 0.1) is 13.5 Å². The zero-order valence-corrected chi connectivity index (χ0v) is 13.6. The number of ether oxygens (including phenoxy) is 1. The van der Waals surface area contributed by atoms with E-state index in [-0.39, 0.29) is 12.0 Å². The lowest BCUT2D eigenvalue weighted by Gasteiger charge is -2.13. The van der Waals surface area contributed by atoms with Gasteiger partial charge in [-0.3, -0.25) is 4.79 Å². The third-order valence-corrected chi connectivity index (χ3v) is 4.52. The van der Waals surface area contributed by atoms with E-state index in [0.717, 1.165) is 22.0 Å². The molecule has 0 bridgehead atoms. The van der Waals surface area contributed by atoms with Crippen LogP contribution in [0, 0.1) is 0 Å². The first kappa shape index (κ1) is 16.0. The number of nitrogens with one attached hydrogen (secondary N) is 1. The van der Waals surface area contributed by atoms with Gasteiger partial charge in [0.2, 0.25) is 0 Å². The van der Waals surface area contributed by atoms with E-state index in [1.165, 1.54) is 12.0 Å². The van der Waals surface area contributed by atoms with Gasteiger partial charge >= 0.3 is 5.97 Å². The Morgan fingerprint density at radius 1 is 1.33 bits per heavy atom. The van der Waals surface area contributed by atoms with Gasteiger partial charge in [-0.2, -0.15) is 0 Å². The molecular formula is C16H18ClNO2S. The second-order valence-corrected chi connectivity index (χ2v) is 6.47. The van der Waals surface area contributed by atoms with Crippen LogP contribution in [0.1, 0.15) is 28.3 Å². The van der Waals surface area contributed by atoms with Gasteiger partial charge < -0.3 is 10.1 Å². The monoisotopic (exact) mass is 323 g/mol. The van der Waals surface area contributed by atoms with Crippen molar-refractivity contribution in [1.82, 2.24) is 5.32 Å². The first-order chi connectivity index (χ1) is 10.1. The normalized spacial score (nSPS) is 12.1. The summed E-state index contributed by atoms with van der Waals surface area (Å²) in [6, 6.07) is 12.1. The van der Waals surface area contributed by atoms with Gasteiger partial charge in [0.15, 0.2) is 0 Å². The van der Waals surface area contributed by atoms with Crippen LogP contribution in [0.25, 0.3) is 0 Å². The Bertz CT molecular complexity index is 612. The average Bonchev–Trinajstić information content (AvgIpc) is 2.92. The summed E-state index contributed by atoms with van der Waals surface area (Å²) in [6.45, 7) is 2.87. The summed E-state index contributed by atoms with van der Waals surface area (Å²) < 4.78 is 4.67. The maximum atomic E-state index is 11.2. The molecule has 5 heteroatoms. The molecule has 0 aliphatic carbocycles. The molecule has 0 spiro atoms. The number of thiophene rings is 1. The molecule has 0 radical (unpaired) electrons. The standard InChI is InChI=1S/C16H18ClNO2S/c1-11(12-4-3-5-13(17)8-12)18-10-15-7-6-14(21-15)9-16(19)20-2/h3-8,11,18H,9-10H2,1-2H3/t11-/m1/s1. The van der Waals surface area contributed by atoms with Gasteiger partial charge in [-0.1, -0.05) is 23.7 Å². The van der Waals surface area contributed by atoms with Crippen molar-refractivity contribution in [2.45, 2.75) is 25.9 Å². The van der Waals surface area contributed by atoms with E-state index in [1.807, 2.05) is 30.3 Å². The van der Waals surface area contributed by atoms with Crippen molar-refractivity contribution in [2.24, 2.45) is 0 Å². The molecule has 2 aromatic rings. The van der Waals surface area contributed by atoms with Crippen LogP contribution in [-0.2, 0) is 22.5 Å². The molecule has 112 valence electrons. The fourth-order valence-corrected chi connectivity index (χ4v) is 3.13. The van der Waals surface area contributed by atoms with Crippen LogP contribution in [0.3, 0.4) is 0 Å². The Morgan fingerprint density at radius 3 is 2.81 bits per heavy atom. The molecule has 0 amide bonds. The number of hydrogen-bond donors (Lipinski definition) is 1. The molecular weight excluding hydrogens is 306 g/mol. The highest BCUT2D eigenvalue weighted by atomic mass is 35.5. The number of rotatable bonds is 6. The Hall–Kier alpha value is -1.36. The number of carbonyl (C=O) groups excluding carboxylic acids is 1. The molecule has 0 saturated heterocycles. The van der Waals surface area contributed by atoms with Crippen molar-refractivity contribution in [3.63, 3.8) is 0 Å². The van der Waals surface area contributed by atoms with E-state index in [4.69, 9.17) is 11.6 Å². The van der Waals surface area contributed by atoms with Crippen molar-refractivity contribution in [3.05, 3.63) is 56.7 Å². The lowest BCUT2D eigenvalue weighted by molar-refractivity contribution is -0.139. The fraction of sp³-hybridized carbons (Fsp3) is 0.312. The summed E-state index contributed by atoms with van der Waals surface area (Å²) in [7, 11) is 1.41. The summed E-state index contributed by atoms with van der Waals surface area (Å²) in [6.07, 6.45) is 0.338. The van der Waals surface area contributed by atoms with Crippen molar-refractivity contribution < 1.29 is 9.53 Å². The quantitative estimate of drug-likeness (QED) is 0.817. The van der Waals surface area contributed by atoms with Crippen LogP contribution in [0.5, 0.6) is 0 Å². The second kappa shape index (κ2) is 7.59. The number of halogens is 1. The van der Waals surface area contributed by atoms with Crippen molar-refractivity contribution >= 4 is 28.9 Å². The number of benzene rings is 1. The Morgan fingerprint density at radius 2 is 2.10 bits per heavy atom. The lowest BCUT2D eigenvalue weighted by atomic mass is 10.1. The van der Waals surface area contributed by atoms with Crippen LogP contribution < -0.4 is 5.32 Å². The molecule has 1 N–H and O–H groups in total. The number of hydrogen-bond acceptors (Lipinski definition) is 4. The minimum atomic E-state index is -0.205. The molecule has 0 fully saturated rings. The first-order valence-electron chi connectivity index (χ1n) is 6.71. The highest BCUT2D eigenvalue weighted by molar-refractivity contribution is 7.12. The van der Waals surface area contributed by atoms with E-state index in [9.17, 15) is 4.79 Å². The maximum absolute atomic E-state index is 11.2.